The van der Waals surface area contributed by atoms with Crippen molar-refractivity contribution in [3.8, 4) is 0 Å². The average molecular weight is 1000 g/mol. The highest BCUT2D eigenvalue weighted by molar-refractivity contribution is 7.47. The van der Waals surface area contributed by atoms with Crippen molar-refractivity contribution in [3.63, 3.8) is 0 Å². The van der Waals surface area contributed by atoms with Gasteiger partial charge in [0.05, 0.1) is 25.9 Å². The molecule has 68 heavy (non-hydrogen) atoms. The first-order valence-electron chi connectivity index (χ1n) is 25.6. The van der Waals surface area contributed by atoms with Gasteiger partial charge in [0.15, 0.2) is 6.10 Å². The van der Waals surface area contributed by atoms with Gasteiger partial charge in [0, 0.05) is 12.8 Å². The Balaban J connectivity index is 4.55. The van der Waals surface area contributed by atoms with Crippen molar-refractivity contribution in [2.75, 3.05) is 26.4 Å². The highest BCUT2D eigenvalue weighted by Gasteiger charge is 2.28. The normalized spacial score (nSPS) is 15.0. The number of aliphatic hydroxyl groups is 2. The van der Waals surface area contributed by atoms with Crippen LogP contribution in [0.3, 0.4) is 0 Å². The summed E-state index contributed by atoms with van der Waals surface area (Å²) in [5.74, 6) is -0.330. The number of aliphatic hydroxyl groups excluding tert-OH is 2. The molecule has 14 nitrogen and oxygen atoms in total. The maximum absolute atomic E-state index is 12.7. The van der Waals surface area contributed by atoms with Crippen LogP contribution in [-0.4, -0.2) is 81.6 Å². The lowest BCUT2D eigenvalue weighted by molar-refractivity contribution is -0.161. The number of esters is 2. The lowest BCUT2D eigenvalue weighted by Crippen LogP contribution is -2.29. The number of carbonyl (C=O) groups is 2. The summed E-state index contributed by atoms with van der Waals surface area (Å²) in [5, 5.41) is 19.8. The van der Waals surface area contributed by atoms with E-state index >= 15 is 0 Å². The zero-order valence-electron chi connectivity index (χ0n) is 42.0. The molecule has 0 heterocycles. The SMILES string of the molecule is CC/C=C\C/C=C\CC(O)/C=C/C=C\C/C=C\C/C=C\CCC(=O)OC[C@H](COP(=O)(O)OC[C@@H](O)COP(=O)(O)O)OC(=O)CCCCCCCCCCCCCCCCCCCCC(C)C. The Bertz CT molecular complexity index is 1500. The molecule has 0 aromatic heterocycles. The average Bonchev–Trinajstić information content (AvgIpc) is 3.29. The third-order valence-corrected chi connectivity index (χ3v) is 12.1. The molecule has 0 amide bonds. The second-order valence-electron chi connectivity index (χ2n) is 17.7. The van der Waals surface area contributed by atoms with Crippen molar-refractivity contribution >= 4 is 27.6 Å². The molecular formula is C52H92O14P2. The van der Waals surface area contributed by atoms with Gasteiger partial charge in [-0.2, -0.15) is 0 Å². The summed E-state index contributed by atoms with van der Waals surface area (Å²) in [6.45, 7) is 3.86. The Morgan fingerprint density at radius 1 is 0.529 bits per heavy atom. The molecule has 2 unspecified atom stereocenters. The topological polar surface area (TPSA) is 216 Å². The number of rotatable bonds is 47. The van der Waals surface area contributed by atoms with Gasteiger partial charge in [0.1, 0.15) is 12.7 Å². The van der Waals surface area contributed by atoms with Crippen LogP contribution in [0.15, 0.2) is 72.9 Å². The molecule has 0 aliphatic rings. The maximum Gasteiger partial charge on any atom is 0.472 e. The maximum atomic E-state index is 12.7. The minimum Gasteiger partial charge on any atom is -0.462 e. The zero-order valence-corrected chi connectivity index (χ0v) is 43.8. The van der Waals surface area contributed by atoms with Crippen LogP contribution in [0.5, 0.6) is 0 Å². The highest BCUT2D eigenvalue weighted by Crippen LogP contribution is 2.44. The molecule has 0 aromatic carbocycles. The molecule has 16 heteroatoms. The molecule has 0 aliphatic carbocycles. The fourth-order valence-electron chi connectivity index (χ4n) is 6.76. The van der Waals surface area contributed by atoms with Gasteiger partial charge in [-0.15, -0.1) is 0 Å². The molecule has 0 aliphatic heterocycles. The Morgan fingerprint density at radius 2 is 1.01 bits per heavy atom. The third kappa shape index (κ3) is 49.9. The monoisotopic (exact) mass is 1000 g/mol. The van der Waals surface area contributed by atoms with E-state index in [0.717, 1.165) is 50.9 Å². The first-order valence-corrected chi connectivity index (χ1v) is 28.6. The molecule has 0 bridgehead atoms. The van der Waals surface area contributed by atoms with E-state index < -0.39 is 72.3 Å². The Kier molecular flexibility index (Phi) is 44.0. The van der Waals surface area contributed by atoms with E-state index in [1.165, 1.54) is 89.9 Å². The zero-order chi connectivity index (χ0) is 50.4. The van der Waals surface area contributed by atoms with E-state index in [4.69, 9.17) is 28.3 Å². The minimum atomic E-state index is -4.88. The van der Waals surface area contributed by atoms with E-state index in [0.29, 0.717) is 25.7 Å². The van der Waals surface area contributed by atoms with Gasteiger partial charge >= 0.3 is 27.6 Å². The van der Waals surface area contributed by atoms with Crippen LogP contribution in [0.25, 0.3) is 0 Å². The van der Waals surface area contributed by atoms with Gasteiger partial charge in [-0.1, -0.05) is 209 Å². The van der Waals surface area contributed by atoms with E-state index in [1.54, 1.807) is 6.08 Å². The third-order valence-electron chi connectivity index (χ3n) is 10.6. The fourth-order valence-corrected chi connectivity index (χ4v) is 7.92. The van der Waals surface area contributed by atoms with Crippen molar-refractivity contribution in [2.24, 2.45) is 5.92 Å². The number of allylic oxidation sites excluding steroid dienone is 10. The molecule has 0 saturated heterocycles. The van der Waals surface area contributed by atoms with E-state index in [-0.39, 0.29) is 12.8 Å². The molecule has 0 radical (unpaired) electrons. The van der Waals surface area contributed by atoms with Crippen LogP contribution in [0.4, 0.5) is 0 Å². The van der Waals surface area contributed by atoms with Crippen LogP contribution in [0.1, 0.15) is 194 Å². The smallest absolute Gasteiger partial charge is 0.462 e. The molecule has 0 saturated carbocycles. The number of phosphoric ester groups is 2. The minimum absolute atomic E-state index is 0.0452. The molecule has 0 aromatic rings. The van der Waals surface area contributed by atoms with E-state index in [9.17, 15) is 33.8 Å². The first-order chi connectivity index (χ1) is 32.6. The largest absolute Gasteiger partial charge is 0.472 e. The molecular weight excluding hydrogens is 911 g/mol. The van der Waals surface area contributed by atoms with Gasteiger partial charge < -0.3 is 34.4 Å². The highest BCUT2D eigenvalue weighted by atomic mass is 31.2. The number of unbranched alkanes of at least 4 members (excludes halogenated alkanes) is 17. The predicted molar refractivity (Wildman–Crippen MR) is 273 cm³/mol. The van der Waals surface area contributed by atoms with Gasteiger partial charge in [-0.05, 0) is 50.9 Å². The number of carbonyl (C=O) groups excluding carboxylic acids is 2. The second kappa shape index (κ2) is 45.6. The van der Waals surface area contributed by atoms with Crippen LogP contribution >= 0.6 is 15.6 Å². The summed E-state index contributed by atoms with van der Waals surface area (Å²) >= 11 is 0. The Labute approximate surface area is 410 Å². The predicted octanol–water partition coefficient (Wildman–Crippen LogP) is 13.0. The van der Waals surface area contributed by atoms with Crippen LogP contribution in [0, 0.1) is 5.92 Å². The molecule has 0 rings (SSSR count). The standard InChI is InChI=1S/C52H92O14P2/c1-4-5-6-7-29-34-39-48(53)40-35-30-25-21-18-19-22-26-31-36-41-51(55)62-45-50(46-65-68(60,61)64-44-49(54)43-63-67(57,58)59)66-52(56)42-37-32-27-23-17-15-13-11-9-8-10-12-14-16-20-24-28-33-38-47(2)3/h5-6,18-19,25-26,29-31,34-35,40,47-50,53-54H,4,7-17,20-24,27-28,32-33,36-39,41-46H2,1-3H3,(H,60,61)(H2,57,58,59)/b6-5-,19-18-,30-25-,31-26-,34-29-,40-35+/t48?,49-,50+/m0/s1. The van der Waals surface area contributed by atoms with Crippen LogP contribution in [-0.2, 0) is 41.8 Å². The summed E-state index contributed by atoms with van der Waals surface area (Å²) in [7, 11) is -9.72. The number of hydrogen-bond acceptors (Lipinski definition) is 11. The summed E-state index contributed by atoms with van der Waals surface area (Å²) < 4.78 is 47.9. The summed E-state index contributed by atoms with van der Waals surface area (Å²) in [6, 6.07) is 0. The van der Waals surface area contributed by atoms with E-state index in [1.807, 2.05) is 54.7 Å². The fraction of sp³-hybridized carbons (Fsp3) is 0.731. The lowest BCUT2D eigenvalue weighted by atomic mass is 10.0. The molecule has 394 valence electrons. The van der Waals surface area contributed by atoms with Crippen molar-refractivity contribution in [1.29, 1.82) is 0 Å². The molecule has 0 spiro atoms. The van der Waals surface area contributed by atoms with Crippen molar-refractivity contribution in [3.05, 3.63) is 72.9 Å². The number of ether oxygens (including phenoxy) is 2. The molecule has 5 N–H and O–H groups in total. The Hall–Kier alpha value is -2.48. The quantitative estimate of drug-likeness (QED) is 0.0126. The van der Waals surface area contributed by atoms with Crippen molar-refractivity contribution in [1.82, 2.24) is 0 Å². The lowest BCUT2D eigenvalue weighted by Gasteiger charge is -2.20. The van der Waals surface area contributed by atoms with E-state index in [2.05, 4.69) is 37.4 Å². The summed E-state index contributed by atoms with van der Waals surface area (Å²) in [5.41, 5.74) is 0. The van der Waals surface area contributed by atoms with Crippen LogP contribution < -0.4 is 0 Å². The van der Waals surface area contributed by atoms with Gasteiger partial charge in [-0.25, -0.2) is 9.13 Å². The van der Waals surface area contributed by atoms with Gasteiger partial charge in [-0.3, -0.25) is 23.2 Å². The van der Waals surface area contributed by atoms with Gasteiger partial charge in [0.2, 0.25) is 0 Å². The first kappa shape index (κ1) is 65.5. The summed E-state index contributed by atoms with van der Waals surface area (Å²) in [4.78, 5) is 52.9. The Morgan fingerprint density at radius 3 is 1.57 bits per heavy atom. The number of hydrogen-bond donors (Lipinski definition) is 5. The van der Waals surface area contributed by atoms with Crippen molar-refractivity contribution in [2.45, 2.75) is 212 Å². The second-order valence-corrected chi connectivity index (χ2v) is 20.4. The molecule has 0 fully saturated rings. The van der Waals surface area contributed by atoms with Gasteiger partial charge in [0.25, 0.3) is 0 Å². The van der Waals surface area contributed by atoms with Crippen molar-refractivity contribution < 1.29 is 66.7 Å². The molecule has 4 atom stereocenters. The van der Waals surface area contributed by atoms with Crippen LogP contribution in [0.2, 0.25) is 0 Å². The number of phosphoric acid groups is 2. The summed E-state index contributed by atoms with van der Waals surface area (Å²) in [6.07, 6.45) is 47.9.